The molecule has 1 aliphatic carbocycles. The number of thioether (sulfide) groups is 1. The van der Waals surface area contributed by atoms with Crippen LogP contribution >= 0.6 is 11.8 Å². The highest BCUT2D eigenvalue weighted by Crippen LogP contribution is 2.36. The van der Waals surface area contributed by atoms with Gasteiger partial charge in [0.2, 0.25) is 11.1 Å². The maximum atomic E-state index is 12.1. The van der Waals surface area contributed by atoms with Crippen LogP contribution in [0.4, 0.5) is 0 Å². The molecule has 1 aromatic rings. The summed E-state index contributed by atoms with van der Waals surface area (Å²) in [6.07, 6.45) is 2.21. The number of nitriles is 1. The van der Waals surface area contributed by atoms with E-state index in [0.717, 1.165) is 12.8 Å². The van der Waals surface area contributed by atoms with E-state index in [1.54, 1.807) is 9.58 Å². The molecule has 0 spiro atoms. The first-order chi connectivity index (χ1) is 9.65. The monoisotopic (exact) mass is 294 g/mol. The number of nitrogens with zero attached hydrogens (tertiary/aromatic N) is 6. The Morgan fingerprint density at radius 3 is 3.00 bits per heavy atom. The van der Waals surface area contributed by atoms with Gasteiger partial charge in [0.15, 0.2) is 0 Å². The molecule has 1 atom stereocenters. The second kappa shape index (κ2) is 6.70. The summed E-state index contributed by atoms with van der Waals surface area (Å²) in [4.78, 5) is 13.8. The van der Waals surface area contributed by atoms with Crippen molar-refractivity contribution in [1.82, 2.24) is 25.1 Å². The number of hydrogen-bond acceptors (Lipinski definition) is 6. The van der Waals surface area contributed by atoms with E-state index in [0.29, 0.717) is 30.0 Å². The molecule has 0 unspecified atom stereocenters. The summed E-state index contributed by atoms with van der Waals surface area (Å²) in [6.45, 7) is 4.82. The van der Waals surface area contributed by atoms with Crippen LogP contribution in [-0.4, -0.2) is 49.9 Å². The largest absolute Gasteiger partial charge is 0.341 e. The molecular weight excluding hydrogens is 276 g/mol. The molecule has 7 nitrogen and oxygen atoms in total. The van der Waals surface area contributed by atoms with Gasteiger partial charge in [-0.2, -0.15) is 5.26 Å². The lowest BCUT2D eigenvalue weighted by molar-refractivity contribution is -0.128. The van der Waals surface area contributed by atoms with Gasteiger partial charge < -0.3 is 4.90 Å². The molecular formula is C12H18N6OS. The molecule has 0 aliphatic heterocycles. The van der Waals surface area contributed by atoms with Crippen molar-refractivity contribution in [1.29, 1.82) is 5.26 Å². The zero-order valence-electron chi connectivity index (χ0n) is 11.7. The van der Waals surface area contributed by atoms with Crippen LogP contribution in [0.25, 0.3) is 0 Å². The normalized spacial score (nSPS) is 15.7. The van der Waals surface area contributed by atoms with Crippen LogP contribution in [0.3, 0.4) is 0 Å². The summed E-state index contributed by atoms with van der Waals surface area (Å²) < 4.78 is 1.80. The first-order valence-corrected chi connectivity index (χ1v) is 7.72. The Kier molecular flexibility index (Phi) is 4.95. The van der Waals surface area contributed by atoms with Crippen molar-refractivity contribution in [3.63, 3.8) is 0 Å². The smallest absolute Gasteiger partial charge is 0.233 e. The molecule has 0 radical (unpaired) electrons. The lowest BCUT2D eigenvalue weighted by Gasteiger charge is -2.21. The van der Waals surface area contributed by atoms with E-state index in [4.69, 9.17) is 5.26 Å². The van der Waals surface area contributed by atoms with Crippen molar-refractivity contribution in [3.8, 4) is 6.07 Å². The van der Waals surface area contributed by atoms with Gasteiger partial charge in [0.25, 0.3) is 0 Å². The number of hydrogen-bond donors (Lipinski definition) is 0. The Labute approximate surface area is 122 Å². The molecule has 1 amide bonds. The Balaban J connectivity index is 1.87. The molecule has 1 aromatic heterocycles. The quantitative estimate of drug-likeness (QED) is 0.700. The minimum absolute atomic E-state index is 0.0185. The van der Waals surface area contributed by atoms with Crippen LogP contribution in [-0.2, 0) is 4.79 Å². The summed E-state index contributed by atoms with van der Waals surface area (Å²) in [6, 6.07) is 2.56. The van der Waals surface area contributed by atoms with E-state index in [1.807, 2.05) is 13.8 Å². The third-order valence-corrected chi connectivity index (χ3v) is 4.05. The van der Waals surface area contributed by atoms with Crippen molar-refractivity contribution >= 4 is 17.7 Å². The molecule has 0 N–H and O–H groups in total. The molecule has 0 saturated heterocycles. The molecule has 20 heavy (non-hydrogen) atoms. The zero-order valence-corrected chi connectivity index (χ0v) is 12.5. The molecule has 1 heterocycles. The highest BCUT2D eigenvalue weighted by Gasteiger charge is 2.28. The number of tetrazole rings is 1. The van der Waals surface area contributed by atoms with Gasteiger partial charge in [-0.25, -0.2) is 4.68 Å². The first kappa shape index (κ1) is 14.8. The van der Waals surface area contributed by atoms with Crippen LogP contribution in [0.15, 0.2) is 5.16 Å². The number of carbonyl (C=O) groups excluding carboxylic acids is 1. The fraction of sp³-hybridized carbons (Fsp3) is 0.750. The van der Waals surface area contributed by atoms with Crippen molar-refractivity contribution in [3.05, 3.63) is 0 Å². The molecule has 0 bridgehead atoms. The second-order valence-corrected chi connectivity index (χ2v) is 5.83. The lowest BCUT2D eigenvalue weighted by atomic mass is 10.2. The number of aromatic nitrogens is 4. The summed E-state index contributed by atoms with van der Waals surface area (Å²) in [7, 11) is 0. The third-order valence-electron chi connectivity index (χ3n) is 3.13. The predicted octanol–water partition coefficient (Wildman–Crippen LogP) is 1.11. The topological polar surface area (TPSA) is 87.7 Å². The SMILES string of the molecule is CCN(C[C@@H](C)C#N)C(=O)CSc1nnnn1C1CC1. The number of carbonyl (C=O) groups is 1. The molecule has 1 saturated carbocycles. The maximum absolute atomic E-state index is 12.1. The van der Waals surface area contributed by atoms with Gasteiger partial charge in [-0.1, -0.05) is 11.8 Å². The van der Waals surface area contributed by atoms with E-state index in [2.05, 4.69) is 21.6 Å². The van der Waals surface area contributed by atoms with E-state index >= 15 is 0 Å². The fourth-order valence-corrected chi connectivity index (χ4v) is 2.67. The summed E-state index contributed by atoms with van der Waals surface area (Å²) in [5.74, 6) is 0.171. The van der Waals surface area contributed by atoms with Gasteiger partial charge in [-0.15, -0.1) is 5.10 Å². The predicted molar refractivity (Wildman–Crippen MR) is 73.8 cm³/mol. The minimum Gasteiger partial charge on any atom is -0.341 e. The third kappa shape index (κ3) is 3.70. The van der Waals surface area contributed by atoms with Crippen LogP contribution < -0.4 is 0 Å². The van der Waals surface area contributed by atoms with Crippen molar-refractivity contribution in [2.45, 2.75) is 37.9 Å². The highest BCUT2D eigenvalue weighted by atomic mass is 32.2. The summed E-state index contributed by atoms with van der Waals surface area (Å²) in [5.41, 5.74) is 0. The Morgan fingerprint density at radius 1 is 1.65 bits per heavy atom. The van der Waals surface area contributed by atoms with Crippen molar-refractivity contribution < 1.29 is 4.79 Å². The van der Waals surface area contributed by atoms with Gasteiger partial charge in [-0.05, 0) is 37.1 Å². The van der Waals surface area contributed by atoms with Gasteiger partial charge in [0.05, 0.1) is 23.8 Å². The van der Waals surface area contributed by atoms with Gasteiger partial charge >= 0.3 is 0 Å². The molecule has 2 rings (SSSR count). The van der Waals surface area contributed by atoms with E-state index in [1.165, 1.54) is 11.8 Å². The standard InChI is InChI=1S/C12H18N6OS/c1-3-17(7-9(2)6-13)11(19)8-20-12-14-15-16-18(12)10-4-5-10/h9-10H,3-5,7-8H2,1-2H3/t9-/m0/s1. The Bertz CT molecular complexity index is 506. The van der Waals surface area contributed by atoms with Crippen molar-refractivity contribution in [2.75, 3.05) is 18.8 Å². The molecule has 1 fully saturated rings. The lowest BCUT2D eigenvalue weighted by Crippen LogP contribution is -2.35. The average Bonchev–Trinajstić information content (AvgIpc) is 3.20. The molecule has 108 valence electrons. The fourth-order valence-electron chi connectivity index (χ4n) is 1.83. The van der Waals surface area contributed by atoms with Crippen LogP contribution in [0.2, 0.25) is 0 Å². The van der Waals surface area contributed by atoms with Gasteiger partial charge in [0, 0.05) is 13.1 Å². The van der Waals surface area contributed by atoms with E-state index < -0.39 is 0 Å². The minimum atomic E-state index is -0.152. The average molecular weight is 294 g/mol. The Morgan fingerprint density at radius 2 is 2.40 bits per heavy atom. The van der Waals surface area contributed by atoms with E-state index in [-0.39, 0.29) is 11.8 Å². The van der Waals surface area contributed by atoms with Crippen LogP contribution in [0.1, 0.15) is 32.7 Å². The number of amides is 1. The van der Waals surface area contributed by atoms with Gasteiger partial charge in [0.1, 0.15) is 0 Å². The summed E-state index contributed by atoms with van der Waals surface area (Å²) >= 11 is 1.36. The zero-order chi connectivity index (χ0) is 14.5. The van der Waals surface area contributed by atoms with Crippen LogP contribution in [0.5, 0.6) is 0 Å². The van der Waals surface area contributed by atoms with Crippen LogP contribution in [0, 0.1) is 17.2 Å². The molecule has 0 aromatic carbocycles. The molecule has 8 heteroatoms. The Hall–Kier alpha value is -1.62. The van der Waals surface area contributed by atoms with E-state index in [9.17, 15) is 4.79 Å². The van der Waals surface area contributed by atoms with Crippen molar-refractivity contribution in [2.24, 2.45) is 5.92 Å². The molecule has 1 aliphatic rings. The second-order valence-electron chi connectivity index (χ2n) is 4.89. The number of rotatable bonds is 7. The first-order valence-electron chi connectivity index (χ1n) is 6.73. The summed E-state index contributed by atoms with van der Waals surface area (Å²) in [5, 5.41) is 21.1. The maximum Gasteiger partial charge on any atom is 0.233 e. The highest BCUT2D eigenvalue weighted by molar-refractivity contribution is 7.99. The van der Waals surface area contributed by atoms with Gasteiger partial charge in [-0.3, -0.25) is 4.79 Å².